The van der Waals surface area contributed by atoms with Crippen LogP contribution in [0.4, 0.5) is 5.69 Å². The highest BCUT2D eigenvalue weighted by Gasteiger charge is 2.27. The van der Waals surface area contributed by atoms with Crippen LogP contribution in [0.3, 0.4) is 0 Å². The zero-order chi connectivity index (χ0) is 13.4. The van der Waals surface area contributed by atoms with Gasteiger partial charge in [0, 0.05) is 22.4 Å². The molecule has 0 saturated heterocycles. The highest BCUT2D eigenvalue weighted by Crippen LogP contribution is 2.42. The highest BCUT2D eigenvalue weighted by atomic mass is 32.2. The molecule has 0 bridgehead atoms. The van der Waals surface area contributed by atoms with Crippen molar-refractivity contribution in [2.45, 2.75) is 36.1 Å². The molecule has 0 aliphatic carbocycles. The van der Waals surface area contributed by atoms with E-state index in [9.17, 15) is 0 Å². The van der Waals surface area contributed by atoms with Gasteiger partial charge in [0.25, 0.3) is 0 Å². The largest absolute Gasteiger partial charge is 0.382 e. The van der Waals surface area contributed by atoms with Crippen molar-refractivity contribution in [3.8, 4) is 0 Å². The van der Waals surface area contributed by atoms with Crippen LogP contribution in [-0.4, -0.2) is 11.8 Å². The standard InChI is InChI=1S/C18H19NS/c1-3-7-17-13(5-1)9-10-15(19-17)11-14-12-20-18-8-4-2-6-16(14)18/h1-8,14-15,19H,9-12H2. The van der Waals surface area contributed by atoms with Crippen LogP contribution in [0.2, 0.25) is 0 Å². The molecule has 0 aromatic heterocycles. The van der Waals surface area contributed by atoms with Crippen LogP contribution in [0.15, 0.2) is 53.4 Å². The number of fused-ring (bicyclic) bond motifs is 2. The molecule has 2 atom stereocenters. The molecular weight excluding hydrogens is 262 g/mol. The number of para-hydroxylation sites is 1. The van der Waals surface area contributed by atoms with Gasteiger partial charge < -0.3 is 5.32 Å². The van der Waals surface area contributed by atoms with E-state index in [2.05, 4.69) is 53.8 Å². The van der Waals surface area contributed by atoms with Gasteiger partial charge in [-0.1, -0.05) is 36.4 Å². The summed E-state index contributed by atoms with van der Waals surface area (Å²) in [6, 6.07) is 18.3. The fraction of sp³-hybridized carbons (Fsp3) is 0.333. The van der Waals surface area contributed by atoms with Crippen LogP contribution in [-0.2, 0) is 6.42 Å². The van der Waals surface area contributed by atoms with Crippen LogP contribution >= 0.6 is 11.8 Å². The lowest BCUT2D eigenvalue weighted by Crippen LogP contribution is -2.27. The van der Waals surface area contributed by atoms with Gasteiger partial charge in [0.1, 0.15) is 0 Å². The van der Waals surface area contributed by atoms with E-state index in [0.717, 1.165) is 5.92 Å². The van der Waals surface area contributed by atoms with Crippen molar-refractivity contribution < 1.29 is 0 Å². The lowest BCUT2D eigenvalue weighted by molar-refractivity contribution is 0.541. The fourth-order valence-corrected chi connectivity index (χ4v) is 4.72. The summed E-state index contributed by atoms with van der Waals surface area (Å²) in [5.41, 5.74) is 4.39. The van der Waals surface area contributed by atoms with Gasteiger partial charge >= 0.3 is 0 Å². The highest BCUT2D eigenvalue weighted by molar-refractivity contribution is 7.99. The Morgan fingerprint density at radius 2 is 1.90 bits per heavy atom. The Labute approximate surface area is 124 Å². The second-order valence-electron chi connectivity index (χ2n) is 5.82. The molecule has 0 spiro atoms. The van der Waals surface area contributed by atoms with Gasteiger partial charge in [0.05, 0.1) is 0 Å². The predicted octanol–water partition coefficient (Wildman–Crippen LogP) is 4.69. The van der Waals surface area contributed by atoms with E-state index in [1.54, 1.807) is 5.56 Å². The molecule has 1 N–H and O–H groups in total. The van der Waals surface area contributed by atoms with Crippen LogP contribution < -0.4 is 5.32 Å². The molecule has 2 heteroatoms. The first kappa shape index (κ1) is 12.3. The van der Waals surface area contributed by atoms with Crippen LogP contribution in [0.25, 0.3) is 0 Å². The van der Waals surface area contributed by atoms with Crippen molar-refractivity contribution in [1.82, 2.24) is 0 Å². The third-order valence-electron chi connectivity index (χ3n) is 4.51. The first-order chi connectivity index (χ1) is 9.90. The van der Waals surface area contributed by atoms with E-state index in [0.29, 0.717) is 6.04 Å². The SMILES string of the molecule is c1ccc2c(c1)CCC(CC1CSc3ccccc31)N2. The summed E-state index contributed by atoms with van der Waals surface area (Å²) in [5.74, 6) is 1.97. The topological polar surface area (TPSA) is 12.0 Å². The number of nitrogens with one attached hydrogen (secondary N) is 1. The summed E-state index contributed by atoms with van der Waals surface area (Å²) in [7, 11) is 0. The number of anilines is 1. The smallest absolute Gasteiger partial charge is 0.0374 e. The minimum Gasteiger partial charge on any atom is -0.382 e. The summed E-state index contributed by atoms with van der Waals surface area (Å²) in [5, 5.41) is 3.75. The van der Waals surface area contributed by atoms with Gasteiger partial charge in [-0.3, -0.25) is 0 Å². The average molecular weight is 281 g/mol. The Kier molecular flexibility index (Phi) is 3.19. The van der Waals surface area contributed by atoms with Crippen LogP contribution in [0.5, 0.6) is 0 Å². The molecule has 0 saturated carbocycles. The van der Waals surface area contributed by atoms with Crippen molar-refractivity contribution in [2.24, 2.45) is 0 Å². The molecule has 0 amide bonds. The van der Waals surface area contributed by atoms with Crippen molar-refractivity contribution >= 4 is 17.4 Å². The minimum absolute atomic E-state index is 0.627. The molecule has 2 unspecified atom stereocenters. The maximum atomic E-state index is 3.75. The van der Waals surface area contributed by atoms with Gasteiger partial charge in [-0.25, -0.2) is 0 Å². The first-order valence-electron chi connectivity index (χ1n) is 7.46. The number of thioether (sulfide) groups is 1. The fourth-order valence-electron chi connectivity index (χ4n) is 3.45. The Balaban J connectivity index is 1.49. The molecule has 4 rings (SSSR count). The van der Waals surface area contributed by atoms with Crippen molar-refractivity contribution in [2.75, 3.05) is 11.1 Å². The predicted molar refractivity (Wildman–Crippen MR) is 86.7 cm³/mol. The molecule has 2 aliphatic rings. The zero-order valence-electron chi connectivity index (χ0n) is 11.5. The Bertz CT molecular complexity index is 622. The second kappa shape index (κ2) is 5.17. The number of benzene rings is 2. The lowest BCUT2D eigenvalue weighted by Gasteiger charge is -2.29. The third-order valence-corrected chi connectivity index (χ3v) is 5.76. The monoisotopic (exact) mass is 281 g/mol. The van der Waals surface area contributed by atoms with E-state index in [4.69, 9.17) is 0 Å². The number of rotatable bonds is 2. The van der Waals surface area contributed by atoms with E-state index in [-0.39, 0.29) is 0 Å². The van der Waals surface area contributed by atoms with Gasteiger partial charge in [-0.05, 0) is 48.4 Å². The van der Waals surface area contributed by atoms with E-state index >= 15 is 0 Å². The summed E-state index contributed by atoms with van der Waals surface area (Å²) >= 11 is 2.02. The lowest BCUT2D eigenvalue weighted by atomic mass is 9.89. The molecule has 2 heterocycles. The number of aryl methyl sites for hydroxylation is 1. The summed E-state index contributed by atoms with van der Waals surface area (Å²) in [6.07, 6.45) is 3.74. The maximum absolute atomic E-state index is 3.75. The molecule has 102 valence electrons. The molecule has 2 aromatic carbocycles. The Hall–Kier alpha value is -1.41. The molecule has 0 fully saturated rings. The summed E-state index contributed by atoms with van der Waals surface area (Å²) in [6.45, 7) is 0. The molecule has 20 heavy (non-hydrogen) atoms. The summed E-state index contributed by atoms with van der Waals surface area (Å²) in [4.78, 5) is 1.49. The Morgan fingerprint density at radius 3 is 2.90 bits per heavy atom. The zero-order valence-corrected chi connectivity index (χ0v) is 12.3. The third kappa shape index (κ3) is 2.22. The Morgan fingerprint density at radius 1 is 1.05 bits per heavy atom. The van der Waals surface area contributed by atoms with E-state index < -0.39 is 0 Å². The normalized spacial score (nSPS) is 23.8. The van der Waals surface area contributed by atoms with Gasteiger partial charge in [-0.15, -0.1) is 11.8 Å². The molecule has 0 radical (unpaired) electrons. The van der Waals surface area contributed by atoms with Crippen LogP contribution in [0.1, 0.15) is 29.9 Å². The van der Waals surface area contributed by atoms with Crippen molar-refractivity contribution in [3.63, 3.8) is 0 Å². The summed E-state index contributed by atoms with van der Waals surface area (Å²) < 4.78 is 0. The molecule has 2 aromatic rings. The minimum atomic E-state index is 0.627. The average Bonchev–Trinajstić information content (AvgIpc) is 2.91. The molecule has 2 aliphatic heterocycles. The second-order valence-corrected chi connectivity index (χ2v) is 6.88. The number of hydrogen-bond donors (Lipinski definition) is 1. The van der Waals surface area contributed by atoms with Gasteiger partial charge in [-0.2, -0.15) is 0 Å². The van der Waals surface area contributed by atoms with Crippen molar-refractivity contribution in [3.05, 3.63) is 59.7 Å². The van der Waals surface area contributed by atoms with E-state index in [1.165, 1.54) is 41.2 Å². The molecule has 1 nitrogen and oxygen atoms in total. The van der Waals surface area contributed by atoms with E-state index in [1.807, 2.05) is 11.8 Å². The van der Waals surface area contributed by atoms with Gasteiger partial charge in [0.15, 0.2) is 0 Å². The number of hydrogen-bond acceptors (Lipinski definition) is 2. The van der Waals surface area contributed by atoms with Crippen LogP contribution in [0, 0.1) is 0 Å². The van der Waals surface area contributed by atoms with Crippen molar-refractivity contribution in [1.29, 1.82) is 0 Å². The molecular formula is C18H19NS. The maximum Gasteiger partial charge on any atom is 0.0374 e. The quantitative estimate of drug-likeness (QED) is 0.857. The van der Waals surface area contributed by atoms with Gasteiger partial charge in [0.2, 0.25) is 0 Å². The first-order valence-corrected chi connectivity index (χ1v) is 8.45.